The highest BCUT2D eigenvalue weighted by atomic mass is 32.2. The molecule has 0 unspecified atom stereocenters. The summed E-state index contributed by atoms with van der Waals surface area (Å²) in [4.78, 5) is 33.4. The Hall–Kier alpha value is -2.68. The van der Waals surface area contributed by atoms with Crippen LogP contribution in [0.4, 0.5) is 0 Å². The van der Waals surface area contributed by atoms with Gasteiger partial charge in [-0.05, 0) is 30.3 Å². The number of amides is 1. The highest BCUT2D eigenvalue weighted by molar-refractivity contribution is 8.26. The standard InChI is InChI=1S/C21H15N3O2S3/c1-2-11-24-20(26)16(29-21(24)27)13-15-18(28-14-8-4-3-5-9-14)22-17-10-6-7-12-23(17)19(15)25/h2-10,12-13H,1,11H2. The van der Waals surface area contributed by atoms with Crippen molar-refractivity contribution in [3.05, 3.63) is 88.2 Å². The first-order valence-corrected chi connectivity index (χ1v) is 10.7. The summed E-state index contributed by atoms with van der Waals surface area (Å²) in [5.41, 5.74) is 0.678. The molecule has 1 aliphatic rings. The van der Waals surface area contributed by atoms with Crippen molar-refractivity contribution in [2.24, 2.45) is 0 Å². The van der Waals surface area contributed by atoms with Gasteiger partial charge < -0.3 is 0 Å². The number of pyridine rings is 1. The van der Waals surface area contributed by atoms with Crippen LogP contribution in [-0.2, 0) is 4.79 Å². The largest absolute Gasteiger partial charge is 0.289 e. The lowest BCUT2D eigenvalue weighted by Gasteiger charge is -2.10. The second-order valence-electron chi connectivity index (χ2n) is 6.06. The monoisotopic (exact) mass is 437 g/mol. The molecule has 0 radical (unpaired) electrons. The van der Waals surface area contributed by atoms with Gasteiger partial charge >= 0.3 is 0 Å². The minimum absolute atomic E-state index is 0.229. The molecule has 0 N–H and O–H groups in total. The number of hydrogen-bond acceptors (Lipinski definition) is 6. The minimum Gasteiger partial charge on any atom is -0.289 e. The van der Waals surface area contributed by atoms with Gasteiger partial charge in [-0.2, -0.15) is 0 Å². The summed E-state index contributed by atoms with van der Waals surface area (Å²) < 4.78 is 1.93. The lowest BCUT2D eigenvalue weighted by Crippen LogP contribution is -2.28. The van der Waals surface area contributed by atoms with Crippen LogP contribution in [0.25, 0.3) is 11.7 Å². The number of hydrogen-bond donors (Lipinski definition) is 0. The van der Waals surface area contributed by atoms with Crippen molar-refractivity contribution in [1.29, 1.82) is 0 Å². The van der Waals surface area contributed by atoms with Gasteiger partial charge in [0.25, 0.3) is 11.5 Å². The molecule has 3 aromatic rings. The molecule has 0 spiro atoms. The van der Waals surface area contributed by atoms with E-state index in [0.717, 1.165) is 4.90 Å². The van der Waals surface area contributed by atoms with Gasteiger partial charge in [0.1, 0.15) is 15.0 Å². The summed E-state index contributed by atoms with van der Waals surface area (Å²) >= 11 is 7.87. The summed E-state index contributed by atoms with van der Waals surface area (Å²) in [5, 5.41) is 0.543. The van der Waals surface area contributed by atoms with Crippen LogP contribution >= 0.6 is 35.7 Å². The number of nitrogens with zero attached hydrogens (tertiary/aromatic N) is 3. The van der Waals surface area contributed by atoms with Crippen LogP contribution in [0.3, 0.4) is 0 Å². The zero-order valence-electron chi connectivity index (χ0n) is 15.1. The first kappa shape index (κ1) is 19.6. The number of carbonyl (C=O) groups excluding carboxylic acids is 1. The molecule has 8 heteroatoms. The van der Waals surface area contributed by atoms with E-state index in [9.17, 15) is 9.59 Å². The van der Waals surface area contributed by atoms with Gasteiger partial charge in [-0.15, -0.1) is 6.58 Å². The molecule has 0 saturated carbocycles. The Morgan fingerprint density at radius 1 is 1.14 bits per heavy atom. The molecular weight excluding hydrogens is 422 g/mol. The average Bonchev–Trinajstić information content (AvgIpc) is 2.99. The van der Waals surface area contributed by atoms with Crippen LogP contribution in [0.15, 0.2) is 87.0 Å². The molecular formula is C21H15N3O2S3. The third-order valence-electron chi connectivity index (χ3n) is 4.15. The average molecular weight is 438 g/mol. The maximum atomic E-state index is 13.2. The van der Waals surface area contributed by atoms with Crippen LogP contribution in [0.5, 0.6) is 0 Å². The number of aromatic nitrogens is 2. The van der Waals surface area contributed by atoms with Gasteiger partial charge in [0.05, 0.1) is 10.5 Å². The zero-order valence-corrected chi connectivity index (χ0v) is 17.6. The molecule has 0 atom stereocenters. The molecule has 1 fully saturated rings. The molecule has 29 heavy (non-hydrogen) atoms. The molecule has 0 bridgehead atoms. The van der Waals surface area contributed by atoms with Crippen molar-refractivity contribution in [2.45, 2.75) is 9.92 Å². The van der Waals surface area contributed by atoms with Crippen molar-refractivity contribution >= 4 is 57.7 Å². The lowest BCUT2D eigenvalue weighted by molar-refractivity contribution is -0.121. The fraction of sp³-hybridized carbons (Fsp3) is 0.0476. The van der Waals surface area contributed by atoms with Gasteiger partial charge in [-0.3, -0.25) is 18.9 Å². The van der Waals surface area contributed by atoms with E-state index in [1.54, 1.807) is 30.5 Å². The number of rotatable bonds is 5. The lowest BCUT2D eigenvalue weighted by atomic mass is 10.2. The molecule has 144 valence electrons. The second-order valence-corrected chi connectivity index (χ2v) is 8.80. The Morgan fingerprint density at radius 3 is 2.66 bits per heavy atom. The molecule has 2 aromatic heterocycles. The Bertz CT molecular complexity index is 1220. The number of thiocarbonyl (C=S) groups is 1. The topological polar surface area (TPSA) is 54.7 Å². The third-order valence-corrected chi connectivity index (χ3v) is 6.54. The number of fused-ring (bicyclic) bond motifs is 1. The van der Waals surface area contributed by atoms with E-state index in [-0.39, 0.29) is 11.5 Å². The van der Waals surface area contributed by atoms with E-state index in [0.29, 0.717) is 32.0 Å². The van der Waals surface area contributed by atoms with Crippen LogP contribution < -0.4 is 5.56 Å². The van der Waals surface area contributed by atoms with Gasteiger partial charge in [0.15, 0.2) is 0 Å². The van der Waals surface area contributed by atoms with Crippen molar-refractivity contribution in [2.75, 3.05) is 6.54 Å². The number of thioether (sulfide) groups is 1. The fourth-order valence-corrected chi connectivity index (χ4v) is 4.97. The van der Waals surface area contributed by atoms with Crippen molar-refractivity contribution in [3.63, 3.8) is 0 Å². The Morgan fingerprint density at radius 2 is 1.90 bits per heavy atom. The van der Waals surface area contributed by atoms with Gasteiger partial charge in [-0.25, -0.2) is 4.98 Å². The SMILES string of the molecule is C=CCN1C(=O)C(=Cc2c(Sc3ccccc3)nc3ccccn3c2=O)SC1=S. The number of benzene rings is 1. The zero-order chi connectivity index (χ0) is 20.4. The highest BCUT2D eigenvalue weighted by Gasteiger charge is 2.31. The van der Waals surface area contributed by atoms with Gasteiger partial charge in [-0.1, -0.05) is 66.1 Å². The number of carbonyl (C=O) groups is 1. The molecule has 1 amide bonds. The summed E-state index contributed by atoms with van der Waals surface area (Å²) in [6, 6.07) is 15.1. The van der Waals surface area contributed by atoms with Crippen molar-refractivity contribution in [1.82, 2.24) is 14.3 Å². The van der Waals surface area contributed by atoms with E-state index in [1.807, 2.05) is 36.4 Å². The first-order chi connectivity index (χ1) is 14.1. The molecule has 5 nitrogen and oxygen atoms in total. The first-order valence-electron chi connectivity index (χ1n) is 8.69. The van der Waals surface area contributed by atoms with Crippen LogP contribution in [-0.4, -0.2) is 31.1 Å². The Balaban J connectivity index is 1.86. The van der Waals surface area contributed by atoms with E-state index >= 15 is 0 Å². The summed E-state index contributed by atoms with van der Waals surface area (Å²) in [6.45, 7) is 4.00. The predicted octanol–water partition coefficient (Wildman–Crippen LogP) is 4.23. The van der Waals surface area contributed by atoms with Gasteiger partial charge in [0, 0.05) is 17.6 Å². The van der Waals surface area contributed by atoms with Crippen LogP contribution in [0, 0.1) is 0 Å². The molecule has 1 aromatic carbocycles. The Kier molecular flexibility index (Phi) is 5.66. The van der Waals surface area contributed by atoms with E-state index < -0.39 is 0 Å². The molecule has 1 aliphatic heterocycles. The second kappa shape index (κ2) is 8.36. The summed E-state index contributed by atoms with van der Waals surface area (Å²) in [6.07, 6.45) is 4.89. The predicted molar refractivity (Wildman–Crippen MR) is 122 cm³/mol. The van der Waals surface area contributed by atoms with Crippen molar-refractivity contribution in [3.8, 4) is 0 Å². The van der Waals surface area contributed by atoms with Crippen LogP contribution in [0.1, 0.15) is 5.56 Å². The Labute approximate surface area is 181 Å². The molecule has 0 aliphatic carbocycles. The normalized spacial score (nSPS) is 15.4. The van der Waals surface area contributed by atoms with E-state index in [4.69, 9.17) is 12.2 Å². The highest BCUT2D eigenvalue weighted by Crippen LogP contribution is 2.34. The van der Waals surface area contributed by atoms with Crippen LogP contribution in [0.2, 0.25) is 0 Å². The fourth-order valence-electron chi connectivity index (χ4n) is 2.80. The third kappa shape index (κ3) is 3.91. The molecule has 1 saturated heterocycles. The van der Waals surface area contributed by atoms with E-state index in [1.165, 1.54) is 32.8 Å². The quantitative estimate of drug-likeness (QED) is 0.258. The smallest absolute Gasteiger partial charge is 0.266 e. The molecule has 4 rings (SSSR count). The minimum atomic E-state index is -0.233. The van der Waals surface area contributed by atoms with Crippen molar-refractivity contribution < 1.29 is 4.79 Å². The maximum Gasteiger partial charge on any atom is 0.266 e. The van der Waals surface area contributed by atoms with Gasteiger partial charge in [0.2, 0.25) is 0 Å². The van der Waals surface area contributed by atoms with E-state index in [2.05, 4.69) is 11.6 Å². The molecule has 3 heterocycles. The summed E-state index contributed by atoms with van der Waals surface area (Å²) in [5.74, 6) is -0.229. The summed E-state index contributed by atoms with van der Waals surface area (Å²) in [7, 11) is 0. The maximum absolute atomic E-state index is 13.2.